The van der Waals surface area contributed by atoms with Crippen molar-refractivity contribution in [3.63, 3.8) is 0 Å². The van der Waals surface area contributed by atoms with Gasteiger partial charge in [0.25, 0.3) is 0 Å². The zero-order chi connectivity index (χ0) is 19.4. The molecule has 1 aliphatic rings. The number of ether oxygens (including phenoxy) is 1. The Balaban J connectivity index is 2.01. The molecule has 1 aromatic heterocycles. The molecule has 8 nitrogen and oxygen atoms in total. The molecular weight excluding hydrogens is 370 g/mol. The Morgan fingerprint density at radius 3 is 2.67 bits per heavy atom. The van der Waals surface area contributed by atoms with Gasteiger partial charge in [0.15, 0.2) is 0 Å². The number of anilines is 1. The molecule has 0 saturated carbocycles. The van der Waals surface area contributed by atoms with Crippen molar-refractivity contribution in [1.82, 2.24) is 4.90 Å². The average molecular weight is 391 g/mol. The van der Waals surface area contributed by atoms with Crippen LogP contribution in [0.3, 0.4) is 0 Å². The summed E-state index contributed by atoms with van der Waals surface area (Å²) >= 11 is 1.00. The molecule has 0 unspecified atom stereocenters. The molecule has 1 aromatic carbocycles. The van der Waals surface area contributed by atoms with Crippen LogP contribution in [0.4, 0.5) is 10.7 Å². The van der Waals surface area contributed by atoms with E-state index in [1.54, 1.807) is 31.2 Å². The number of thiophene rings is 1. The molecule has 144 valence electrons. The third kappa shape index (κ3) is 4.09. The van der Waals surface area contributed by atoms with Crippen molar-refractivity contribution in [3.8, 4) is 0 Å². The van der Waals surface area contributed by atoms with E-state index in [-0.39, 0.29) is 23.8 Å². The van der Waals surface area contributed by atoms with Gasteiger partial charge in [-0.25, -0.2) is 4.79 Å². The molecular formula is C18H21N3O5S. The van der Waals surface area contributed by atoms with Gasteiger partial charge in [0.2, 0.25) is 0 Å². The predicted molar refractivity (Wildman–Crippen MR) is 103 cm³/mol. The third-order valence-corrected chi connectivity index (χ3v) is 5.63. The first-order chi connectivity index (χ1) is 13.0. The molecule has 2 aromatic rings. The summed E-state index contributed by atoms with van der Waals surface area (Å²) in [5, 5.41) is 12.1. The highest BCUT2D eigenvalue weighted by molar-refractivity contribution is 7.23. The van der Waals surface area contributed by atoms with E-state index in [1.807, 2.05) is 0 Å². The second-order valence-corrected chi connectivity index (χ2v) is 7.27. The number of amides is 1. The van der Waals surface area contributed by atoms with Crippen LogP contribution in [0, 0.1) is 10.1 Å². The molecule has 1 saturated heterocycles. The zero-order valence-corrected chi connectivity index (χ0v) is 15.9. The molecule has 2 heterocycles. The summed E-state index contributed by atoms with van der Waals surface area (Å²) in [6, 6.07) is 7.04. The lowest BCUT2D eigenvalue weighted by Crippen LogP contribution is -2.42. The van der Waals surface area contributed by atoms with Gasteiger partial charge in [-0.3, -0.25) is 19.8 Å². The van der Waals surface area contributed by atoms with E-state index in [0.717, 1.165) is 37.3 Å². The zero-order valence-electron chi connectivity index (χ0n) is 15.1. The van der Waals surface area contributed by atoms with E-state index in [4.69, 9.17) is 4.74 Å². The van der Waals surface area contributed by atoms with Crippen LogP contribution >= 0.6 is 11.3 Å². The maximum absolute atomic E-state index is 12.8. The molecule has 0 N–H and O–H groups in total. The lowest BCUT2D eigenvalue weighted by molar-refractivity contribution is -0.379. The minimum Gasteiger partial charge on any atom is -0.459 e. The van der Waals surface area contributed by atoms with Crippen LogP contribution < -0.4 is 4.90 Å². The Bertz CT molecular complexity index is 860. The van der Waals surface area contributed by atoms with Gasteiger partial charge in [0, 0.05) is 23.2 Å². The Morgan fingerprint density at radius 2 is 2.00 bits per heavy atom. The highest BCUT2D eigenvalue weighted by atomic mass is 32.1. The number of likely N-dealkylation sites (tertiary alicyclic amines) is 1. The normalized spacial score (nSPS) is 14.4. The van der Waals surface area contributed by atoms with E-state index in [2.05, 4.69) is 4.90 Å². The van der Waals surface area contributed by atoms with Crippen LogP contribution in [0.5, 0.6) is 0 Å². The van der Waals surface area contributed by atoms with Crippen molar-refractivity contribution in [1.29, 1.82) is 0 Å². The first kappa shape index (κ1) is 19.2. The molecule has 1 amide bonds. The van der Waals surface area contributed by atoms with Crippen LogP contribution in [-0.4, -0.2) is 54.5 Å². The number of nitrogens with zero attached hydrogens (tertiary/aromatic N) is 3. The first-order valence-electron chi connectivity index (χ1n) is 8.89. The number of fused-ring (bicyclic) bond motifs is 1. The molecule has 0 radical (unpaired) electrons. The highest BCUT2D eigenvalue weighted by Gasteiger charge is 2.34. The molecule has 0 atom stereocenters. The third-order valence-electron chi connectivity index (χ3n) is 4.52. The Kier molecular flexibility index (Phi) is 6.02. The van der Waals surface area contributed by atoms with Crippen LogP contribution in [0.25, 0.3) is 10.1 Å². The fourth-order valence-electron chi connectivity index (χ4n) is 3.27. The van der Waals surface area contributed by atoms with Gasteiger partial charge in [0.1, 0.15) is 5.69 Å². The standard InChI is InChI=1S/C18H21N3O5S/c1-2-26-18(23)16(22)20(12-11-19-9-5-6-10-19)15-13-7-3-4-8-14(13)27-17(15)21(24)25/h3-4,7-8H,2,5-6,9-12H2,1H3. The van der Waals surface area contributed by atoms with Gasteiger partial charge in [-0.1, -0.05) is 29.5 Å². The van der Waals surface area contributed by atoms with Crippen LogP contribution in [-0.2, 0) is 14.3 Å². The predicted octanol–water partition coefficient (Wildman–Crippen LogP) is 2.80. The van der Waals surface area contributed by atoms with Crippen molar-refractivity contribution in [2.45, 2.75) is 19.8 Å². The molecule has 0 spiro atoms. The molecule has 0 bridgehead atoms. The highest BCUT2D eigenvalue weighted by Crippen LogP contribution is 2.44. The Hall–Kier alpha value is -2.52. The van der Waals surface area contributed by atoms with Crippen LogP contribution in [0.2, 0.25) is 0 Å². The lowest BCUT2D eigenvalue weighted by Gasteiger charge is -2.24. The molecule has 3 rings (SSSR count). The topological polar surface area (TPSA) is 93.0 Å². The van der Waals surface area contributed by atoms with E-state index >= 15 is 0 Å². The SMILES string of the molecule is CCOC(=O)C(=O)N(CCN1CCCC1)c1c([N+](=O)[O-])sc2ccccc12. The Labute approximate surface area is 160 Å². The van der Waals surface area contributed by atoms with Gasteiger partial charge >= 0.3 is 16.9 Å². The number of hydrogen-bond donors (Lipinski definition) is 0. The van der Waals surface area contributed by atoms with Gasteiger partial charge in [-0.05, 0) is 38.9 Å². The molecule has 9 heteroatoms. The quantitative estimate of drug-likeness (QED) is 0.325. The molecule has 27 heavy (non-hydrogen) atoms. The summed E-state index contributed by atoms with van der Waals surface area (Å²) in [5.74, 6) is -1.87. The largest absolute Gasteiger partial charge is 0.459 e. The fraction of sp³-hybridized carbons (Fsp3) is 0.444. The van der Waals surface area contributed by atoms with Crippen LogP contribution in [0.1, 0.15) is 19.8 Å². The summed E-state index contributed by atoms with van der Waals surface area (Å²) in [7, 11) is 0. The van der Waals surface area contributed by atoms with Crippen molar-refractivity contribution in [3.05, 3.63) is 34.4 Å². The average Bonchev–Trinajstić information content (AvgIpc) is 3.30. The van der Waals surface area contributed by atoms with Crippen LogP contribution in [0.15, 0.2) is 24.3 Å². The maximum atomic E-state index is 12.8. The van der Waals surface area contributed by atoms with Crippen molar-refractivity contribution in [2.24, 2.45) is 0 Å². The van der Waals surface area contributed by atoms with E-state index in [0.29, 0.717) is 16.6 Å². The van der Waals surface area contributed by atoms with Gasteiger partial charge < -0.3 is 9.64 Å². The second kappa shape index (κ2) is 8.45. The van der Waals surface area contributed by atoms with E-state index in [1.165, 1.54) is 4.90 Å². The summed E-state index contributed by atoms with van der Waals surface area (Å²) in [5.41, 5.74) is 0.179. The van der Waals surface area contributed by atoms with E-state index in [9.17, 15) is 19.7 Å². The van der Waals surface area contributed by atoms with Gasteiger partial charge in [-0.15, -0.1) is 0 Å². The van der Waals surface area contributed by atoms with Crippen molar-refractivity contribution < 1.29 is 19.2 Å². The summed E-state index contributed by atoms with van der Waals surface area (Å²) in [6.07, 6.45) is 2.18. The summed E-state index contributed by atoms with van der Waals surface area (Å²) < 4.78 is 5.55. The first-order valence-corrected chi connectivity index (χ1v) is 9.71. The molecule has 0 aliphatic carbocycles. The van der Waals surface area contributed by atoms with Gasteiger partial charge in [-0.2, -0.15) is 0 Å². The number of rotatable bonds is 6. The number of nitro groups is 1. The maximum Gasteiger partial charge on any atom is 0.397 e. The number of carbonyl (C=O) groups excluding carboxylic acids is 2. The minimum atomic E-state index is -0.997. The molecule has 1 aliphatic heterocycles. The minimum absolute atomic E-state index is 0.0665. The molecule has 1 fully saturated rings. The van der Waals surface area contributed by atoms with Crippen molar-refractivity contribution in [2.75, 3.05) is 37.7 Å². The summed E-state index contributed by atoms with van der Waals surface area (Å²) in [4.78, 5) is 39.4. The van der Waals surface area contributed by atoms with Crippen molar-refractivity contribution >= 4 is 44.0 Å². The fourth-order valence-corrected chi connectivity index (χ4v) is 4.29. The number of esters is 1. The number of benzene rings is 1. The summed E-state index contributed by atoms with van der Waals surface area (Å²) in [6.45, 7) is 4.27. The van der Waals surface area contributed by atoms with E-state index < -0.39 is 16.8 Å². The smallest absolute Gasteiger partial charge is 0.397 e. The number of hydrogen-bond acceptors (Lipinski definition) is 7. The lowest BCUT2D eigenvalue weighted by atomic mass is 10.2. The van der Waals surface area contributed by atoms with Gasteiger partial charge in [0.05, 0.1) is 11.5 Å². The Morgan fingerprint density at radius 1 is 1.30 bits per heavy atom. The number of carbonyl (C=O) groups is 2. The monoisotopic (exact) mass is 391 g/mol. The second-order valence-electron chi connectivity index (χ2n) is 6.24.